The number of benzene rings is 1. The first-order chi connectivity index (χ1) is 13.1. The number of Topliss-reactive ketones (excluding diaryl/α,β-unsaturated/α-hetero) is 1. The predicted octanol–water partition coefficient (Wildman–Crippen LogP) is 4.42. The summed E-state index contributed by atoms with van der Waals surface area (Å²) >= 11 is 7.37. The van der Waals surface area contributed by atoms with Crippen molar-refractivity contribution in [1.29, 1.82) is 0 Å². The lowest BCUT2D eigenvalue weighted by atomic mass is 10.0. The van der Waals surface area contributed by atoms with E-state index >= 15 is 0 Å². The number of hydrogen-bond donors (Lipinski definition) is 1. The molecule has 0 aliphatic carbocycles. The Balaban J connectivity index is 1.92. The fraction of sp³-hybridized carbons (Fsp3) is 0.0500. The van der Waals surface area contributed by atoms with Crippen LogP contribution in [0.25, 0.3) is 5.76 Å². The minimum absolute atomic E-state index is 0.0589. The number of amides is 1. The third-order valence-electron chi connectivity index (χ3n) is 4.32. The summed E-state index contributed by atoms with van der Waals surface area (Å²) in [5.74, 6) is -1.63. The third-order valence-corrected chi connectivity index (χ3v) is 5.49. The number of carbonyl (C=O) groups excluding carboxylic acids is 2. The summed E-state index contributed by atoms with van der Waals surface area (Å²) in [6.45, 7) is 0. The lowest BCUT2D eigenvalue weighted by Gasteiger charge is -2.24. The van der Waals surface area contributed by atoms with Crippen LogP contribution in [0.1, 0.15) is 16.5 Å². The molecule has 1 aliphatic rings. The summed E-state index contributed by atoms with van der Waals surface area (Å²) in [5.41, 5.74) is 1.03. The van der Waals surface area contributed by atoms with Crippen LogP contribution in [0.4, 0.5) is 5.69 Å². The van der Waals surface area contributed by atoms with Gasteiger partial charge in [-0.25, -0.2) is 0 Å². The van der Waals surface area contributed by atoms with Crippen molar-refractivity contribution in [2.45, 2.75) is 6.04 Å². The van der Waals surface area contributed by atoms with Gasteiger partial charge in [0.2, 0.25) is 0 Å². The van der Waals surface area contributed by atoms with Gasteiger partial charge in [-0.05, 0) is 47.8 Å². The van der Waals surface area contributed by atoms with Gasteiger partial charge in [0.25, 0.3) is 11.7 Å². The Morgan fingerprint density at radius 3 is 2.41 bits per heavy atom. The van der Waals surface area contributed by atoms with Crippen molar-refractivity contribution < 1.29 is 14.7 Å². The molecule has 0 radical (unpaired) electrons. The van der Waals surface area contributed by atoms with Gasteiger partial charge in [0.1, 0.15) is 11.8 Å². The van der Waals surface area contributed by atoms with Crippen molar-refractivity contribution >= 4 is 46.1 Å². The number of hydrogen-bond acceptors (Lipinski definition) is 5. The Bertz CT molecular complexity index is 1030. The zero-order chi connectivity index (χ0) is 19.0. The maximum Gasteiger partial charge on any atom is 0.300 e. The number of halogens is 1. The summed E-state index contributed by atoms with van der Waals surface area (Å²) in [4.78, 5) is 31.8. The zero-order valence-electron chi connectivity index (χ0n) is 13.9. The molecular weight excluding hydrogens is 384 g/mol. The predicted molar refractivity (Wildman–Crippen MR) is 105 cm³/mol. The fourth-order valence-electron chi connectivity index (χ4n) is 3.08. The second kappa shape index (κ2) is 6.98. The summed E-state index contributed by atoms with van der Waals surface area (Å²) in [5, 5.41) is 13.2. The highest BCUT2D eigenvalue weighted by molar-refractivity contribution is 7.10. The molecule has 1 unspecified atom stereocenters. The summed E-state index contributed by atoms with van der Waals surface area (Å²) in [6.07, 6.45) is 3.04. The number of aliphatic hydroxyl groups excluding tert-OH is 1. The number of ketones is 1. The number of aromatic nitrogens is 1. The lowest BCUT2D eigenvalue weighted by molar-refractivity contribution is -0.132. The molecule has 1 atom stereocenters. The number of rotatable bonds is 3. The lowest BCUT2D eigenvalue weighted by Crippen LogP contribution is -2.29. The number of aliphatic hydroxyl groups is 1. The highest BCUT2D eigenvalue weighted by Gasteiger charge is 2.47. The van der Waals surface area contributed by atoms with Gasteiger partial charge in [0.05, 0.1) is 5.57 Å². The average Bonchev–Trinajstić information content (AvgIpc) is 3.30. The van der Waals surface area contributed by atoms with Gasteiger partial charge in [0.15, 0.2) is 0 Å². The van der Waals surface area contributed by atoms with Crippen molar-refractivity contribution in [3.8, 4) is 0 Å². The van der Waals surface area contributed by atoms with E-state index in [4.69, 9.17) is 11.6 Å². The number of thiophene rings is 1. The molecule has 1 aliphatic heterocycles. The van der Waals surface area contributed by atoms with Crippen molar-refractivity contribution in [3.05, 3.63) is 87.3 Å². The molecule has 0 saturated carbocycles. The fourth-order valence-corrected chi connectivity index (χ4v) is 4.03. The van der Waals surface area contributed by atoms with E-state index < -0.39 is 17.7 Å². The van der Waals surface area contributed by atoms with Crippen LogP contribution >= 0.6 is 22.9 Å². The van der Waals surface area contributed by atoms with Crippen LogP contribution in [0.3, 0.4) is 0 Å². The van der Waals surface area contributed by atoms with E-state index in [0.717, 1.165) is 4.88 Å². The van der Waals surface area contributed by atoms with Crippen LogP contribution in [-0.4, -0.2) is 21.8 Å². The minimum atomic E-state index is -0.724. The summed E-state index contributed by atoms with van der Waals surface area (Å²) in [6, 6.07) is 12.8. The summed E-state index contributed by atoms with van der Waals surface area (Å²) < 4.78 is 0. The van der Waals surface area contributed by atoms with Crippen LogP contribution in [-0.2, 0) is 9.59 Å². The van der Waals surface area contributed by atoms with E-state index in [2.05, 4.69) is 4.98 Å². The van der Waals surface area contributed by atoms with E-state index in [1.807, 2.05) is 17.5 Å². The van der Waals surface area contributed by atoms with Crippen LogP contribution in [0.5, 0.6) is 0 Å². The van der Waals surface area contributed by atoms with E-state index in [1.165, 1.54) is 28.6 Å². The molecule has 1 fully saturated rings. The smallest absolute Gasteiger partial charge is 0.300 e. The van der Waals surface area contributed by atoms with Gasteiger partial charge in [-0.2, -0.15) is 0 Å². The van der Waals surface area contributed by atoms with Gasteiger partial charge in [0, 0.05) is 33.5 Å². The van der Waals surface area contributed by atoms with Gasteiger partial charge in [-0.3, -0.25) is 19.5 Å². The van der Waals surface area contributed by atoms with Crippen LogP contribution in [0, 0.1) is 0 Å². The molecule has 1 amide bonds. The van der Waals surface area contributed by atoms with Crippen molar-refractivity contribution in [2.75, 3.05) is 4.90 Å². The molecule has 0 bridgehead atoms. The van der Waals surface area contributed by atoms with Gasteiger partial charge < -0.3 is 5.11 Å². The molecule has 1 saturated heterocycles. The van der Waals surface area contributed by atoms with E-state index in [0.29, 0.717) is 16.3 Å². The number of nitrogens with zero attached hydrogens (tertiary/aromatic N) is 2. The normalized spacial score (nSPS) is 18.9. The Labute approximate surface area is 164 Å². The first-order valence-electron chi connectivity index (χ1n) is 8.08. The van der Waals surface area contributed by atoms with Crippen molar-refractivity contribution in [1.82, 2.24) is 4.98 Å². The second-order valence-electron chi connectivity index (χ2n) is 5.90. The van der Waals surface area contributed by atoms with Crippen molar-refractivity contribution in [2.24, 2.45) is 0 Å². The maximum absolute atomic E-state index is 12.8. The molecule has 1 aromatic carbocycles. The number of anilines is 1. The Hall–Kier alpha value is -2.96. The monoisotopic (exact) mass is 396 g/mol. The second-order valence-corrected chi connectivity index (χ2v) is 7.31. The van der Waals surface area contributed by atoms with E-state index in [9.17, 15) is 14.7 Å². The Kier molecular flexibility index (Phi) is 4.51. The van der Waals surface area contributed by atoms with Gasteiger partial charge >= 0.3 is 0 Å². The first-order valence-corrected chi connectivity index (χ1v) is 9.34. The zero-order valence-corrected chi connectivity index (χ0v) is 15.4. The number of carbonyl (C=O) groups is 2. The minimum Gasteiger partial charge on any atom is -0.507 e. The van der Waals surface area contributed by atoms with Crippen LogP contribution in [0.15, 0.2) is 71.9 Å². The quantitative estimate of drug-likeness (QED) is 0.404. The summed E-state index contributed by atoms with van der Waals surface area (Å²) in [7, 11) is 0. The average molecular weight is 397 g/mol. The third kappa shape index (κ3) is 3.03. The van der Waals surface area contributed by atoms with Crippen LogP contribution < -0.4 is 4.90 Å². The molecule has 4 rings (SSSR count). The molecule has 0 spiro atoms. The van der Waals surface area contributed by atoms with Gasteiger partial charge in [-0.15, -0.1) is 11.3 Å². The van der Waals surface area contributed by atoms with Gasteiger partial charge in [-0.1, -0.05) is 17.7 Å². The maximum atomic E-state index is 12.8. The topological polar surface area (TPSA) is 70.5 Å². The molecule has 2 aromatic heterocycles. The molecule has 27 heavy (non-hydrogen) atoms. The highest BCUT2D eigenvalue weighted by Crippen LogP contribution is 2.43. The SMILES string of the molecule is O=C1C(=O)N(c2ccc(Cl)cc2)C(c2cccs2)/C1=C(/O)c1ccncc1. The van der Waals surface area contributed by atoms with E-state index in [-0.39, 0.29) is 11.3 Å². The highest BCUT2D eigenvalue weighted by atomic mass is 35.5. The number of pyridine rings is 1. The molecule has 5 nitrogen and oxygen atoms in total. The van der Waals surface area contributed by atoms with Crippen molar-refractivity contribution in [3.63, 3.8) is 0 Å². The Morgan fingerprint density at radius 2 is 1.78 bits per heavy atom. The largest absolute Gasteiger partial charge is 0.507 e. The van der Waals surface area contributed by atoms with Crippen LogP contribution in [0.2, 0.25) is 5.02 Å². The molecule has 1 N–H and O–H groups in total. The molecular formula is C20H13ClN2O3S. The standard InChI is InChI=1S/C20H13ClN2O3S/c21-13-3-5-14(6-4-13)23-17(15-2-1-11-27-15)16(19(25)20(23)26)18(24)12-7-9-22-10-8-12/h1-11,17,24H/b18-16-. The molecule has 7 heteroatoms. The molecule has 3 heterocycles. The first kappa shape index (κ1) is 17.5. The Morgan fingerprint density at radius 1 is 1.07 bits per heavy atom. The molecule has 3 aromatic rings. The molecule has 134 valence electrons. The van der Waals surface area contributed by atoms with E-state index in [1.54, 1.807) is 36.4 Å².